The Morgan fingerprint density at radius 3 is 3.05 bits per heavy atom. The third-order valence-corrected chi connectivity index (χ3v) is 3.97. The molecule has 0 radical (unpaired) electrons. The monoisotopic (exact) mass is 288 g/mol. The second-order valence-electron chi connectivity index (χ2n) is 5.38. The molecule has 0 spiro atoms. The van der Waals surface area contributed by atoms with Crippen molar-refractivity contribution in [3.05, 3.63) is 33.9 Å². The Bertz CT molecular complexity index is 553. The van der Waals surface area contributed by atoms with Gasteiger partial charge in [0.2, 0.25) is 0 Å². The van der Waals surface area contributed by atoms with Crippen molar-refractivity contribution in [3.8, 4) is 6.07 Å². The quantitative estimate of drug-likeness (QED) is 0.665. The van der Waals surface area contributed by atoms with Gasteiger partial charge in [-0.15, -0.1) is 0 Å². The second-order valence-corrected chi connectivity index (χ2v) is 5.38. The number of hydrogen-bond donors (Lipinski definition) is 1. The number of piperidine rings is 1. The molecule has 0 amide bonds. The summed E-state index contributed by atoms with van der Waals surface area (Å²) >= 11 is 0. The Labute approximate surface area is 124 Å². The van der Waals surface area contributed by atoms with Crippen LogP contribution in [0.15, 0.2) is 18.2 Å². The van der Waals surface area contributed by atoms with Crippen LogP contribution in [0.3, 0.4) is 0 Å². The molecule has 1 aliphatic heterocycles. The summed E-state index contributed by atoms with van der Waals surface area (Å²) in [6, 6.07) is 6.40. The molecule has 1 aromatic rings. The van der Waals surface area contributed by atoms with E-state index in [9.17, 15) is 10.1 Å². The highest BCUT2D eigenvalue weighted by atomic mass is 16.6. The average Bonchev–Trinajstić information content (AvgIpc) is 2.52. The van der Waals surface area contributed by atoms with Gasteiger partial charge in [-0.05, 0) is 37.9 Å². The highest BCUT2D eigenvalue weighted by Crippen LogP contribution is 2.23. The fourth-order valence-electron chi connectivity index (χ4n) is 2.75. The van der Waals surface area contributed by atoms with Gasteiger partial charge in [-0.1, -0.05) is 6.92 Å². The number of non-ortho nitro benzene ring substituents is 1. The van der Waals surface area contributed by atoms with Crippen molar-refractivity contribution >= 4 is 11.4 Å². The van der Waals surface area contributed by atoms with Crippen LogP contribution in [0.1, 0.15) is 25.3 Å². The standard InChI is InChI=1S/C15H20N4O2/c1-2-18-7-3-4-12(11-18)10-17-15-6-5-14(19(20)21)8-13(15)9-16/h5-6,8,12,17H,2-4,7,10-11H2,1H3/t12-/m0/s1. The smallest absolute Gasteiger partial charge is 0.270 e. The molecule has 1 saturated heterocycles. The molecule has 1 aliphatic rings. The van der Waals surface area contributed by atoms with Gasteiger partial charge in [0.1, 0.15) is 6.07 Å². The minimum absolute atomic E-state index is 0.0491. The molecule has 1 heterocycles. The Hall–Kier alpha value is -2.13. The van der Waals surface area contributed by atoms with Crippen molar-refractivity contribution in [3.63, 3.8) is 0 Å². The van der Waals surface area contributed by atoms with Crippen LogP contribution in [0.4, 0.5) is 11.4 Å². The number of nitriles is 1. The maximum absolute atomic E-state index is 10.7. The van der Waals surface area contributed by atoms with Crippen LogP contribution in [0, 0.1) is 27.4 Å². The summed E-state index contributed by atoms with van der Waals surface area (Å²) in [5.74, 6) is 0.556. The summed E-state index contributed by atoms with van der Waals surface area (Å²) in [4.78, 5) is 12.7. The molecule has 1 aromatic carbocycles. The van der Waals surface area contributed by atoms with Crippen LogP contribution in [-0.2, 0) is 0 Å². The summed E-state index contributed by atoms with van der Waals surface area (Å²) in [6.07, 6.45) is 2.38. The van der Waals surface area contributed by atoms with Gasteiger partial charge in [0.15, 0.2) is 0 Å². The predicted molar refractivity (Wildman–Crippen MR) is 81.1 cm³/mol. The molecule has 0 bridgehead atoms. The molecule has 0 aliphatic carbocycles. The zero-order valence-electron chi connectivity index (χ0n) is 12.2. The highest BCUT2D eigenvalue weighted by Gasteiger charge is 2.19. The summed E-state index contributed by atoms with van der Waals surface area (Å²) in [6.45, 7) is 6.26. The first-order valence-electron chi connectivity index (χ1n) is 7.28. The largest absolute Gasteiger partial charge is 0.384 e. The van der Waals surface area contributed by atoms with E-state index in [0.29, 0.717) is 17.2 Å². The van der Waals surface area contributed by atoms with Crippen LogP contribution in [0.5, 0.6) is 0 Å². The zero-order valence-corrected chi connectivity index (χ0v) is 12.2. The fourth-order valence-corrected chi connectivity index (χ4v) is 2.75. The van der Waals surface area contributed by atoms with E-state index in [1.165, 1.54) is 25.0 Å². The molecular weight excluding hydrogens is 268 g/mol. The topological polar surface area (TPSA) is 82.2 Å². The van der Waals surface area contributed by atoms with Gasteiger partial charge in [-0.2, -0.15) is 5.26 Å². The third kappa shape index (κ3) is 3.92. The first-order valence-corrected chi connectivity index (χ1v) is 7.28. The van der Waals surface area contributed by atoms with Crippen molar-refractivity contribution in [1.82, 2.24) is 4.90 Å². The Balaban J connectivity index is 2.00. The molecule has 6 nitrogen and oxygen atoms in total. The molecule has 0 saturated carbocycles. The summed E-state index contributed by atoms with van der Waals surface area (Å²) in [5, 5.41) is 23.1. The van der Waals surface area contributed by atoms with Gasteiger partial charge in [-0.3, -0.25) is 10.1 Å². The Kier molecular flexibility index (Phi) is 5.12. The van der Waals surface area contributed by atoms with E-state index in [1.54, 1.807) is 6.07 Å². The van der Waals surface area contributed by atoms with Gasteiger partial charge < -0.3 is 10.2 Å². The summed E-state index contributed by atoms with van der Waals surface area (Å²) in [7, 11) is 0. The fraction of sp³-hybridized carbons (Fsp3) is 0.533. The third-order valence-electron chi connectivity index (χ3n) is 3.97. The van der Waals surface area contributed by atoms with E-state index in [2.05, 4.69) is 17.1 Å². The number of nitrogens with zero attached hydrogens (tertiary/aromatic N) is 3. The summed E-state index contributed by atoms with van der Waals surface area (Å²) < 4.78 is 0. The second kappa shape index (κ2) is 7.04. The van der Waals surface area contributed by atoms with Gasteiger partial charge in [0, 0.05) is 25.2 Å². The average molecular weight is 288 g/mol. The lowest BCUT2D eigenvalue weighted by Crippen LogP contribution is -2.37. The molecule has 6 heteroatoms. The highest BCUT2D eigenvalue weighted by molar-refractivity contribution is 5.61. The number of nitro benzene ring substituents is 1. The predicted octanol–water partition coefficient (Wildman–Crippen LogP) is 2.61. The lowest BCUT2D eigenvalue weighted by Gasteiger charge is -2.32. The number of benzene rings is 1. The molecule has 1 fully saturated rings. The lowest BCUT2D eigenvalue weighted by atomic mass is 9.98. The lowest BCUT2D eigenvalue weighted by molar-refractivity contribution is -0.384. The number of hydrogen-bond acceptors (Lipinski definition) is 5. The van der Waals surface area contributed by atoms with Crippen LogP contribution < -0.4 is 5.32 Å². The maximum Gasteiger partial charge on any atom is 0.270 e. The van der Waals surface area contributed by atoms with Crippen LogP contribution in [0.25, 0.3) is 0 Å². The SMILES string of the molecule is CCN1CCC[C@@H](CNc2ccc([N+](=O)[O-])cc2C#N)C1. The molecule has 1 N–H and O–H groups in total. The number of nitro groups is 1. The first kappa shape index (κ1) is 15.3. The van der Waals surface area contributed by atoms with Crippen molar-refractivity contribution in [2.24, 2.45) is 5.92 Å². The number of likely N-dealkylation sites (tertiary alicyclic amines) is 1. The van der Waals surface area contributed by atoms with Crippen LogP contribution in [0.2, 0.25) is 0 Å². The molecule has 21 heavy (non-hydrogen) atoms. The minimum atomic E-state index is -0.481. The van der Waals surface area contributed by atoms with Gasteiger partial charge >= 0.3 is 0 Å². The van der Waals surface area contributed by atoms with Crippen LogP contribution >= 0.6 is 0 Å². The first-order chi connectivity index (χ1) is 10.1. The van der Waals surface area contributed by atoms with Crippen molar-refractivity contribution in [1.29, 1.82) is 5.26 Å². The maximum atomic E-state index is 10.7. The number of rotatable bonds is 5. The van der Waals surface area contributed by atoms with Gasteiger partial charge in [0.05, 0.1) is 16.2 Å². The molecular formula is C15H20N4O2. The normalized spacial score (nSPS) is 19.0. The van der Waals surface area contributed by atoms with Gasteiger partial charge in [0.25, 0.3) is 5.69 Å². The number of anilines is 1. The summed E-state index contributed by atoms with van der Waals surface area (Å²) in [5.41, 5.74) is 0.955. The minimum Gasteiger partial charge on any atom is -0.384 e. The zero-order chi connectivity index (χ0) is 15.2. The van der Waals surface area contributed by atoms with E-state index in [4.69, 9.17) is 5.26 Å². The van der Waals surface area contributed by atoms with E-state index < -0.39 is 4.92 Å². The van der Waals surface area contributed by atoms with Crippen LogP contribution in [-0.4, -0.2) is 36.0 Å². The molecule has 0 aromatic heterocycles. The van der Waals surface area contributed by atoms with Crippen molar-refractivity contribution in [2.45, 2.75) is 19.8 Å². The van der Waals surface area contributed by atoms with Crippen molar-refractivity contribution in [2.75, 3.05) is 31.5 Å². The Morgan fingerprint density at radius 2 is 2.38 bits per heavy atom. The molecule has 112 valence electrons. The van der Waals surface area contributed by atoms with E-state index >= 15 is 0 Å². The molecule has 1 atom stereocenters. The Morgan fingerprint density at radius 1 is 1.57 bits per heavy atom. The molecule has 0 unspecified atom stereocenters. The molecule has 2 rings (SSSR count). The van der Waals surface area contributed by atoms with E-state index in [1.807, 2.05) is 6.07 Å². The van der Waals surface area contributed by atoms with E-state index in [-0.39, 0.29) is 5.69 Å². The van der Waals surface area contributed by atoms with E-state index in [0.717, 1.165) is 26.2 Å². The van der Waals surface area contributed by atoms with Gasteiger partial charge in [-0.25, -0.2) is 0 Å². The number of nitrogens with one attached hydrogen (secondary N) is 1. The van der Waals surface area contributed by atoms with Crippen molar-refractivity contribution < 1.29 is 4.92 Å².